The van der Waals surface area contributed by atoms with Gasteiger partial charge in [0.15, 0.2) is 0 Å². The number of thiazole rings is 1. The van der Waals surface area contributed by atoms with E-state index in [0.717, 1.165) is 28.1 Å². The maximum Gasteiger partial charge on any atom is 0.132 e. The molecule has 1 heterocycles. The normalized spacial score (nSPS) is 10.8. The molecule has 0 aliphatic carbocycles. The van der Waals surface area contributed by atoms with Gasteiger partial charge in [0, 0.05) is 17.6 Å². The maximum absolute atomic E-state index is 13.6. The molecule has 1 aromatic carbocycles. The summed E-state index contributed by atoms with van der Waals surface area (Å²) >= 11 is 1.42. The van der Waals surface area contributed by atoms with Crippen LogP contribution in [0, 0.1) is 18.6 Å². The first-order valence-electron chi connectivity index (χ1n) is 5.02. The lowest BCUT2D eigenvalue weighted by Crippen LogP contribution is -1.90. The Hall–Kier alpha value is -1.33. The van der Waals surface area contributed by atoms with Crippen LogP contribution in [0.1, 0.15) is 9.88 Å². The van der Waals surface area contributed by atoms with Gasteiger partial charge in [-0.05, 0) is 25.1 Å². The summed E-state index contributed by atoms with van der Waals surface area (Å²) in [6.07, 6.45) is 0. The number of benzene rings is 1. The zero-order valence-electron chi connectivity index (χ0n) is 9.46. The van der Waals surface area contributed by atoms with Crippen LogP contribution in [0.15, 0.2) is 18.2 Å². The van der Waals surface area contributed by atoms with Crippen LogP contribution in [-0.2, 0) is 11.3 Å². The Balaban J connectivity index is 2.48. The summed E-state index contributed by atoms with van der Waals surface area (Å²) in [6, 6.07) is 3.37. The molecule has 2 rings (SSSR count). The highest BCUT2D eigenvalue weighted by atomic mass is 32.1. The summed E-state index contributed by atoms with van der Waals surface area (Å²) in [4.78, 5) is 5.11. The van der Waals surface area contributed by atoms with E-state index in [4.69, 9.17) is 4.74 Å². The van der Waals surface area contributed by atoms with Crippen molar-refractivity contribution >= 4 is 11.3 Å². The third-order valence-electron chi connectivity index (χ3n) is 2.29. The Labute approximate surface area is 102 Å². The molecule has 0 aliphatic rings. The van der Waals surface area contributed by atoms with Crippen LogP contribution in [0.4, 0.5) is 8.78 Å². The lowest BCUT2D eigenvalue weighted by atomic mass is 10.1. The van der Waals surface area contributed by atoms with Gasteiger partial charge in [0.05, 0.1) is 12.3 Å². The van der Waals surface area contributed by atoms with Gasteiger partial charge in [-0.2, -0.15) is 0 Å². The summed E-state index contributed by atoms with van der Waals surface area (Å²) in [6.45, 7) is 2.21. The summed E-state index contributed by atoms with van der Waals surface area (Å²) in [5.74, 6) is -0.939. The zero-order valence-corrected chi connectivity index (χ0v) is 10.3. The van der Waals surface area contributed by atoms with E-state index in [2.05, 4.69) is 4.98 Å². The van der Waals surface area contributed by atoms with Crippen LogP contribution in [0.3, 0.4) is 0 Å². The topological polar surface area (TPSA) is 22.1 Å². The maximum atomic E-state index is 13.6. The first kappa shape index (κ1) is 12.1. The van der Waals surface area contributed by atoms with E-state index in [1.54, 1.807) is 7.11 Å². The van der Waals surface area contributed by atoms with E-state index in [-0.39, 0.29) is 5.56 Å². The molecule has 0 bridgehead atoms. The zero-order chi connectivity index (χ0) is 12.4. The summed E-state index contributed by atoms with van der Waals surface area (Å²) in [7, 11) is 1.57. The molecular weight excluding hydrogens is 244 g/mol. The van der Waals surface area contributed by atoms with Gasteiger partial charge in [0.2, 0.25) is 0 Å². The van der Waals surface area contributed by atoms with Gasteiger partial charge in [-0.1, -0.05) is 0 Å². The lowest BCUT2D eigenvalue weighted by molar-refractivity contribution is 0.184. The molecule has 0 radical (unpaired) electrons. The number of nitrogens with zero attached hydrogens (tertiary/aromatic N) is 1. The van der Waals surface area contributed by atoms with Gasteiger partial charge in [0.25, 0.3) is 0 Å². The number of aromatic nitrogens is 1. The largest absolute Gasteiger partial charge is 0.378 e. The van der Waals surface area contributed by atoms with Crippen molar-refractivity contribution in [2.24, 2.45) is 0 Å². The second kappa shape index (κ2) is 4.89. The molecule has 0 saturated heterocycles. The van der Waals surface area contributed by atoms with Gasteiger partial charge in [-0.15, -0.1) is 11.3 Å². The molecule has 0 N–H and O–H groups in total. The molecule has 2 aromatic rings. The number of methoxy groups -OCH3 is 1. The van der Waals surface area contributed by atoms with Crippen LogP contribution in [0.5, 0.6) is 0 Å². The van der Waals surface area contributed by atoms with Crippen molar-refractivity contribution in [1.82, 2.24) is 4.98 Å². The van der Waals surface area contributed by atoms with Crippen LogP contribution in [0.25, 0.3) is 11.3 Å². The minimum atomic E-state index is -0.470. The van der Waals surface area contributed by atoms with Gasteiger partial charge in [0.1, 0.15) is 16.6 Å². The molecule has 0 atom stereocenters. The van der Waals surface area contributed by atoms with Crippen LogP contribution in [0.2, 0.25) is 0 Å². The highest BCUT2D eigenvalue weighted by Crippen LogP contribution is 2.30. The number of halogens is 2. The quantitative estimate of drug-likeness (QED) is 0.836. The average molecular weight is 255 g/mol. The molecule has 0 fully saturated rings. The first-order valence-corrected chi connectivity index (χ1v) is 5.84. The summed E-state index contributed by atoms with van der Waals surface area (Å²) < 4.78 is 31.7. The second-order valence-electron chi connectivity index (χ2n) is 3.57. The van der Waals surface area contributed by atoms with Crippen molar-refractivity contribution in [3.05, 3.63) is 39.7 Å². The van der Waals surface area contributed by atoms with Crippen molar-refractivity contribution in [3.63, 3.8) is 0 Å². The number of hydrogen-bond acceptors (Lipinski definition) is 3. The molecular formula is C12H11F2NOS. The van der Waals surface area contributed by atoms with Crippen molar-refractivity contribution in [2.75, 3.05) is 7.11 Å². The first-order chi connectivity index (χ1) is 8.11. The molecule has 0 saturated carbocycles. The van der Waals surface area contributed by atoms with Crippen molar-refractivity contribution in [2.45, 2.75) is 13.5 Å². The SMILES string of the molecule is COCc1nc(-c2cc(F)ccc2F)c(C)s1. The minimum absolute atomic E-state index is 0.195. The van der Waals surface area contributed by atoms with Gasteiger partial charge in [-0.3, -0.25) is 0 Å². The van der Waals surface area contributed by atoms with Crippen molar-refractivity contribution in [3.8, 4) is 11.3 Å². The standard InChI is InChI=1S/C12H11F2NOS/c1-7-12(15-11(17-7)6-16-2)9-5-8(13)3-4-10(9)14/h3-5H,6H2,1-2H3. The number of ether oxygens (including phenoxy) is 1. The molecule has 2 nitrogen and oxygen atoms in total. The predicted molar refractivity (Wildman–Crippen MR) is 62.9 cm³/mol. The highest BCUT2D eigenvalue weighted by Gasteiger charge is 2.14. The molecule has 0 spiro atoms. The molecule has 0 aliphatic heterocycles. The Bertz CT molecular complexity index is 539. The lowest BCUT2D eigenvalue weighted by Gasteiger charge is -2.01. The highest BCUT2D eigenvalue weighted by molar-refractivity contribution is 7.12. The Morgan fingerprint density at radius 3 is 2.82 bits per heavy atom. The Morgan fingerprint density at radius 2 is 2.12 bits per heavy atom. The van der Waals surface area contributed by atoms with Crippen LogP contribution < -0.4 is 0 Å². The number of hydrogen-bond donors (Lipinski definition) is 0. The fraction of sp³-hybridized carbons (Fsp3) is 0.250. The molecule has 1 aromatic heterocycles. The fourth-order valence-electron chi connectivity index (χ4n) is 1.57. The van der Waals surface area contributed by atoms with E-state index >= 15 is 0 Å². The molecule has 0 unspecified atom stereocenters. The molecule has 0 amide bonds. The van der Waals surface area contributed by atoms with Gasteiger partial charge >= 0.3 is 0 Å². The number of aryl methyl sites for hydroxylation is 1. The second-order valence-corrected chi connectivity index (χ2v) is 4.86. The predicted octanol–water partition coefficient (Wildman–Crippen LogP) is 3.54. The smallest absolute Gasteiger partial charge is 0.132 e. The van der Waals surface area contributed by atoms with E-state index in [9.17, 15) is 8.78 Å². The van der Waals surface area contributed by atoms with Gasteiger partial charge < -0.3 is 4.74 Å². The molecule has 17 heavy (non-hydrogen) atoms. The summed E-state index contributed by atoms with van der Waals surface area (Å²) in [5.41, 5.74) is 0.681. The van der Waals surface area contributed by atoms with Crippen LogP contribution in [-0.4, -0.2) is 12.1 Å². The third kappa shape index (κ3) is 2.50. The summed E-state index contributed by atoms with van der Waals surface area (Å²) in [5, 5.41) is 0.753. The third-order valence-corrected chi connectivity index (χ3v) is 3.24. The Kier molecular flexibility index (Phi) is 3.49. The minimum Gasteiger partial charge on any atom is -0.378 e. The fourth-order valence-corrected chi connectivity index (χ4v) is 2.48. The van der Waals surface area contributed by atoms with Crippen molar-refractivity contribution in [1.29, 1.82) is 0 Å². The average Bonchev–Trinajstić information content (AvgIpc) is 2.64. The molecule has 90 valence electrons. The van der Waals surface area contributed by atoms with E-state index in [0.29, 0.717) is 12.3 Å². The van der Waals surface area contributed by atoms with E-state index < -0.39 is 11.6 Å². The van der Waals surface area contributed by atoms with Crippen LogP contribution >= 0.6 is 11.3 Å². The monoisotopic (exact) mass is 255 g/mol. The van der Waals surface area contributed by atoms with E-state index in [1.165, 1.54) is 11.3 Å². The van der Waals surface area contributed by atoms with Crippen molar-refractivity contribution < 1.29 is 13.5 Å². The number of rotatable bonds is 3. The Morgan fingerprint density at radius 1 is 1.35 bits per heavy atom. The van der Waals surface area contributed by atoms with Gasteiger partial charge in [-0.25, -0.2) is 13.8 Å². The van der Waals surface area contributed by atoms with E-state index in [1.807, 2.05) is 6.92 Å². The molecule has 5 heteroatoms.